The molecule has 0 saturated carbocycles. The van der Waals surface area contributed by atoms with Crippen LogP contribution in [0.5, 0.6) is 0 Å². The van der Waals surface area contributed by atoms with Crippen molar-refractivity contribution >= 4 is 11.9 Å². The van der Waals surface area contributed by atoms with Gasteiger partial charge in [-0.1, -0.05) is 42.5 Å². The molecule has 29 heavy (non-hydrogen) atoms. The first kappa shape index (κ1) is 19.6. The van der Waals surface area contributed by atoms with E-state index in [0.29, 0.717) is 19.3 Å². The van der Waals surface area contributed by atoms with E-state index in [-0.39, 0.29) is 42.3 Å². The van der Waals surface area contributed by atoms with Crippen molar-refractivity contribution in [3.63, 3.8) is 0 Å². The second-order valence-corrected chi connectivity index (χ2v) is 8.12. The molecule has 0 spiro atoms. The molecule has 0 aromatic heterocycles. The fourth-order valence-electron chi connectivity index (χ4n) is 4.68. The highest BCUT2D eigenvalue weighted by atomic mass is 19.1. The van der Waals surface area contributed by atoms with Crippen LogP contribution >= 0.6 is 0 Å². The number of rotatable bonds is 5. The Bertz CT molecular complexity index is 838. The molecule has 2 saturated heterocycles. The van der Waals surface area contributed by atoms with Gasteiger partial charge in [0.15, 0.2) is 0 Å². The first-order valence-electron chi connectivity index (χ1n) is 10.4. The summed E-state index contributed by atoms with van der Waals surface area (Å²) in [6, 6.07) is 15.9. The quantitative estimate of drug-likeness (QED) is 0.723. The fraction of sp³-hybridized carbons (Fsp3) is 0.417. The van der Waals surface area contributed by atoms with E-state index in [9.17, 15) is 14.0 Å². The van der Waals surface area contributed by atoms with Crippen molar-refractivity contribution in [2.75, 3.05) is 0 Å². The van der Waals surface area contributed by atoms with Gasteiger partial charge >= 0.3 is 6.09 Å². The lowest BCUT2D eigenvalue weighted by Gasteiger charge is -2.47. The third kappa shape index (κ3) is 4.66. The molecule has 2 atom stereocenters. The zero-order valence-corrected chi connectivity index (χ0v) is 16.4. The lowest BCUT2D eigenvalue weighted by Crippen LogP contribution is -2.55. The Hall–Kier alpha value is -2.69. The average molecular weight is 395 g/mol. The normalized spacial score (nSPS) is 23.5. The monoisotopic (exact) mass is 395 g/mol. The van der Waals surface area contributed by atoms with Gasteiger partial charge in [0.25, 0.3) is 0 Å². The van der Waals surface area contributed by atoms with Gasteiger partial charge in [-0.15, -0.1) is 0 Å². The second-order valence-electron chi connectivity index (χ2n) is 8.12. The summed E-state index contributed by atoms with van der Waals surface area (Å²) in [6.07, 6.45) is 4.34. The maximum atomic E-state index is 13.1. The molecule has 0 radical (unpaired) electrons. The molecule has 4 rings (SSSR count). The van der Waals surface area contributed by atoms with Crippen molar-refractivity contribution in [2.24, 2.45) is 5.92 Å². The van der Waals surface area contributed by atoms with Crippen LogP contribution < -0.4 is 0 Å². The van der Waals surface area contributed by atoms with Crippen LogP contribution in [-0.2, 0) is 22.6 Å². The molecule has 2 aromatic carbocycles. The van der Waals surface area contributed by atoms with Crippen molar-refractivity contribution in [1.29, 1.82) is 0 Å². The number of amides is 1. The van der Waals surface area contributed by atoms with Crippen LogP contribution in [0.2, 0.25) is 0 Å². The topological polar surface area (TPSA) is 46.6 Å². The van der Waals surface area contributed by atoms with Crippen LogP contribution in [0.25, 0.3) is 0 Å². The molecule has 2 aromatic rings. The van der Waals surface area contributed by atoms with Gasteiger partial charge in [-0.3, -0.25) is 4.79 Å². The van der Waals surface area contributed by atoms with Crippen molar-refractivity contribution in [3.8, 4) is 0 Å². The number of benzene rings is 2. The Morgan fingerprint density at radius 2 is 1.59 bits per heavy atom. The van der Waals surface area contributed by atoms with Crippen molar-refractivity contribution in [2.45, 2.75) is 57.2 Å². The SMILES string of the molecule is O=C(Cc1ccc(F)cc1)C1CC2CCCC(C1)N2C(=O)OCc1ccccc1. The highest BCUT2D eigenvalue weighted by molar-refractivity contribution is 5.84. The summed E-state index contributed by atoms with van der Waals surface area (Å²) in [5.74, 6) is -0.155. The van der Waals surface area contributed by atoms with E-state index >= 15 is 0 Å². The molecule has 1 amide bonds. The number of hydrogen-bond acceptors (Lipinski definition) is 3. The van der Waals surface area contributed by atoms with Crippen LogP contribution in [0.3, 0.4) is 0 Å². The van der Waals surface area contributed by atoms with Crippen LogP contribution in [0.15, 0.2) is 54.6 Å². The van der Waals surface area contributed by atoms with E-state index in [1.54, 1.807) is 12.1 Å². The number of ketones is 1. The third-order valence-electron chi connectivity index (χ3n) is 6.14. The number of hydrogen-bond donors (Lipinski definition) is 0. The number of carbonyl (C=O) groups excluding carboxylic acids is 2. The molecule has 2 bridgehead atoms. The zero-order chi connectivity index (χ0) is 20.2. The molecule has 5 heteroatoms. The van der Waals surface area contributed by atoms with Crippen LogP contribution in [-0.4, -0.2) is 28.9 Å². The summed E-state index contributed by atoms with van der Waals surface area (Å²) in [7, 11) is 0. The van der Waals surface area contributed by atoms with Crippen molar-refractivity contribution < 1.29 is 18.7 Å². The van der Waals surface area contributed by atoms with Gasteiger partial charge in [0.1, 0.15) is 18.2 Å². The molecule has 152 valence electrons. The molecule has 2 heterocycles. The van der Waals surface area contributed by atoms with E-state index < -0.39 is 0 Å². The molecular formula is C24H26FNO3. The number of nitrogens with zero attached hydrogens (tertiary/aromatic N) is 1. The molecule has 4 nitrogen and oxygen atoms in total. The van der Waals surface area contributed by atoms with E-state index in [2.05, 4.69) is 0 Å². The largest absolute Gasteiger partial charge is 0.445 e. The lowest BCUT2D eigenvalue weighted by atomic mass is 9.76. The minimum absolute atomic E-state index is 0.0477. The van der Waals surface area contributed by atoms with Gasteiger partial charge in [0.2, 0.25) is 0 Å². The Balaban J connectivity index is 1.37. The Morgan fingerprint density at radius 3 is 2.24 bits per heavy atom. The van der Waals surface area contributed by atoms with E-state index in [0.717, 1.165) is 30.4 Å². The maximum Gasteiger partial charge on any atom is 0.410 e. The Morgan fingerprint density at radius 1 is 0.931 bits per heavy atom. The first-order valence-corrected chi connectivity index (χ1v) is 10.4. The average Bonchev–Trinajstić information content (AvgIpc) is 2.73. The molecule has 0 aliphatic carbocycles. The van der Waals surface area contributed by atoms with Crippen LogP contribution in [0.1, 0.15) is 43.2 Å². The molecule has 2 unspecified atom stereocenters. The molecular weight excluding hydrogens is 369 g/mol. The summed E-state index contributed by atoms with van der Waals surface area (Å²) >= 11 is 0. The van der Waals surface area contributed by atoms with Crippen LogP contribution in [0, 0.1) is 11.7 Å². The minimum Gasteiger partial charge on any atom is -0.445 e. The molecule has 2 fully saturated rings. The minimum atomic E-state index is -0.293. The summed E-state index contributed by atoms with van der Waals surface area (Å²) in [6.45, 7) is 0.266. The highest BCUT2D eigenvalue weighted by Gasteiger charge is 2.43. The van der Waals surface area contributed by atoms with Gasteiger partial charge in [-0.05, 0) is 55.4 Å². The summed E-state index contributed by atoms with van der Waals surface area (Å²) in [4.78, 5) is 27.5. The zero-order valence-electron chi connectivity index (χ0n) is 16.4. The number of fused-ring (bicyclic) bond motifs is 2. The number of ether oxygens (including phenoxy) is 1. The van der Waals surface area contributed by atoms with Gasteiger partial charge in [0.05, 0.1) is 0 Å². The number of halogens is 1. The smallest absolute Gasteiger partial charge is 0.410 e. The fourth-order valence-corrected chi connectivity index (χ4v) is 4.68. The Kier molecular flexibility index (Phi) is 5.93. The van der Waals surface area contributed by atoms with Crippen molar-refractivity contribution in [3.05, 3.63) is 71.5 Å². The summed E-state index contributed by atoms with van der Waals surface area (Å²) in [5, 5.41) is 0. The number of carbonyl (C=O) groups is 2. The van der Waals surface area contributed by atoms with Gasteiger partial charge in [-0.2, -0.15) is 0 Å². The maximum absolute atomic E-state index is 13.1. The Labute approximate surface area is 170 Å². The number of Topliss-reactive ketones (excluding diaryl/α,β-unsaturated/α-hetero) is 1. The summed E-state index contributed by atoms with van der Waals surface area (Å²) in [5.41, 5.74) is 1.81. The van der Waals surface area contributed by atoms with E-state index in [4.69, 9.17) is 4.74 Å². The first-order chi connectivity index (χ1) is 14.1. The van der Waals surface area contributed by atoms with Gasteiger partial charge in [-0.25, -0.2) is 9.18 Å². The van der Waals surface area contributed by atoms with E-state index in [1.165, 1.54) is 12.1 Å². The molecule has 2 aliphatic heterocycles. The number of piperidine rings is 2. The predicted molar refractivity (Wildman–Crippen MR) is 108 cm³/mol. The molecule has 2 aliphatic rings. The van der Waals surface area contributed by atoms with E-state index in [1.807, 2.05) is 35.2 Å². The van der Waals surface area contributed by atoms with Gasteiger partial charge < -0.3 is 9.64 Å². The third-order valence-corrected chi connectivity index (χ3v) is 6.14. The standard InChI is InChI=1S/C24H26FNO3/c25-20-11-9-17(10-12-20)13-23(27)19-14-21-7-4-8-22(15-19)26(21)24(28)29-16-18-5-2-1-3-6-18/h1-3,5-6,9-12,19,21-22H,4,7-8,13-16H2. The van der Waals surface area contributed by atoms with Gasteiger partial charge in [0, 0.05) is 24.4 Å². The molecule has 0 N–H and O–H groups in total. The van der Waals surface area contributed by atoms with Crippen LogP contribution in [0.4, 0.5) is 9.18 Å². The predicted octanol–water partition coefficient (Wildman–Crippen LogP) is 4.91. The summed E-state index contributed by atoms with van der Waals surface area (Å²) < 4.78 is 18.7. The van der Waals surface area contributed by atoms with Crippen molar-refractivity contribution in [1.82, 2.24) is 4.90 Å². The highest BCUT2D eigenvalue weighted by Crippen LogP contribution is 2.38. The second kappa shape index (κ2) is 8.76. The lowest BCUT2D eigenvalue weighted by molar-refractivity contribution is -0.126.